The monoisotopic (exact) mass is 308 g/mol. The topological polar surface area (TPSA) is 69.4 Å². The zero-order valence-electron chi connectivity index (χ0n) is 13.3. The third-order valence-electron chi connectivity index (χ3n) is 3.55. The molecule has 4 heteroatoms. The molecule has 3 N–H and O–H groups in total. The highest BCUT2D eigenvalue weighted by atomic mass is 16.1. The molecule has 0 fully saturated rings. The van der Waals surface area contributed by atoms with E-state index in [2.05, 4.69) is 29.0 Å². The van der Waals surface area contributed by atoms with Crippen LogP contribution in [0, 0.1) is 0 Å². The minimum atomic E-state index is 0.491. The first-order valence-corrected chi connectivity index (χ1v) is 7.79. The van der Waals surface area contributed by atoms with Gasteiger partial charge in [0, 0.05) is 11.1 Å². The number of rotatable bonds is 7. The number of aldehydes is 1. The number of aryl methyl sites for hydroxylation is 1. The molecule has 0 saturated heterocycles. The molecule has 0 amide bonds. The molecule has 0 saturated carbocycles. The lowest BCUT2D eigenvalue weighted by Gasteiger charge is -1.98. The van der Waals surface area contributed by atoms with E-state index >= 15 is 0 Å². The first kappa shape index (κ1) is 16.6. The van der Waals surface area contributed by atoms with E-state index in [1.807, 2.05) is 12.1 Å². The lowest BCUT2D eigenvalue weighted by molar-refractivity contribution is -0.303. The normalized spacial score (nSPS) is 11.8. The molecule has 0 atom stereocenters. The zero-order valence-corrected chi connectivity index (χ0v) is 13.3. The Morgan fingerprint density at radius 2 is 1.83 bits per heavy atom. The van der Waals surface area contributed by atoms with Gasteiger partial charge in [0.05, 0.1) is 0 Å². The number of hydrogen-bond donors (Lipinski definition) is 2. The number of unbranched alkanes of at least 4 members (excludes halogenated alkanes) is 1. The molecule has 0 aliphatic carbocycles. The Kier molecular flexibility index (Phi) is 6.24. The highest BCUT2D eigenvalue weighted by Crippen LogP contribution is 2.13. The highest BCUT2D eigenvalue weighted by molar-refractivity contribution is 5.94. The van der Waals surface area contributed by atoms with Crippen molar-refractivity contribution in [2.45, 2.75) is 26.2 Å². The van der Waals surface area contributed by atoms with E-state index < -0.39 is 0 Å². The number of hydrogen-bond acceptors (Lipinski definition) is 2. The Morgan fingerprint density at radius 1 is 1.13 bits per heavy atom. The molecule has 0 unspecified atom stereocenters. The molecule has 0 radical (unpaired) electrons. The summed E-state index contributed by atoms with van der Waals surface area (Å²) in [6.07, 6.45) is 5.89. The Bertz CT molecular complexity index is 686. The van der Waals surface area contributed by atoms with Crippen LogP contribution in [0.2, 0.25) is 0 Å². The van der Waals surface area contributed by atoms with E-state index in [1.54, 1.807) is 30.6 Å². The van der Waals surface area contributed by atoms with Crippen molar-refractivity contribution < 1.29 is 9.79 Å². The molecule has 0 bridgehead atoms. The van der Waals surface area contributed by atoms with Crippen molar-refractivity contribution in [3.63, 3.8) is 0 Å². The van der Waals surface area contributed by atoms with Crippen LogP contribution in [0.4, 0.5) is 5.69 Å². The van der Waals surface area contributed by atoms with Crippen LogP contribution in [0.15, 0.2) is 53.5 Å². The number of carbonyl (C=O) groups excluding carboxylic acids is 1. The summed E-state index contributed by atoms with van der Waals surface area (Å²) in [5, 5.41) is 0. The van der Waals surface area contributed by atoms with Crippen LogP contribution >= 0.6 is 0 Å². The summed E-state index contributed by atoms with van der Waals surface area (Å²) in [7, 11) is 0. The molecule has 0 aromatic heterocycles. The maximum atomic E-state index is 10.6. The van der Waals surface area contributed by atoms with Crippen LogP contribution < -0.4 is 10.7 Å². The van der Waals surface area contributed by atoms with Crippen LogP contribution in [-0.4, -0.2) is 18.5 Å². The van der Waals surface area contributed by atoms with Crippen molar-refractivity contribution in [1.29, 1.82) is 0 Å². The summed E-state index contributed by atoms with van der Waals surface area (Å²) in [5.74, 6) is 0.491. The van der Waals surface area contributed by atoms with Gasteiger partial charge in [-0.25, -0.2) is 4.99 Å². The van der Waals surface area contributed by atoms with Crippen LogP contribution in [-0.2, 0) is 6.42 Å². The van der Waals surface area contributed by atoms with Gasteiger partial charge in [-0.15, -0.1) is 4.99 Å². The van der Waals surface area contributed by atoms with Crippen molar-refractivity contribution in [2.75, 3.05) is 0 Å². The van der Waals surface area contributed by atoms with Gasteiger partial charge in [-0.05, 0) is 42.7 Å². The van der Waals surface area contributed by atoms with E-state index in [-0.39, 0.29) is 0 Å². The fourth-order valence-electron chi connectivity index (χ4n) is 2.13. The SMILES string of the molecule is CCCCc1ccc(N=C[NH+]=C(N)c2ccc(C=O)cc2)cc1. The van der Waals surface area contributed by atoms with Gasteiger partial charge in [-0.1, -0.05) is 37.6 Å². The Hall–Kier alpha value is -2.75. The van der Waals surface area contributed by atoms with E-state index in [0.717, 1.165) is 24.0 Å². The summed E-state index contributed by atoms with van der Waals surface area (Å²) in [6, 6.07) is 15.2. The first-order chi connectivity index (χ1) is 11.2. The number of nitrogens with zero attached hydrogens (tertiary/aromatic N) is 1. The average Bonchev–Trinajstić information content (AvgIpc) is 2.61. The fraction of sp³-hybridized carbons (Fsp3) is 0.211. The third kappa shape index (κ3) is 5.18. The van der Waals surface area contributed by atoms with Gasteiger partial charge in [-0.2, -0.15) is 0 Å². The van der Waals surface area contributed by atoms with Crippen molar-refractivity contribution in [1.82, 2.24) is 0 Å². The average molecular weight is 308 g/mol. The second-order valence-corrected chi connectivity index (χ2v) is 5.33. The minimum absolute atomic E-state index is 0.491. The molecule has 2 aromatic rings. The molecular formula is C19H22N3O+. The smallest absolute Gasteiger partial charge is 0.223 e. The van der Waals surface area contributed by atoms with E-state index in [1.165, 1.54) is 18.4 Å². The van der Waals surface area contributed by atoms with Gasteiger partial charge in [-0.3, -0.25) is 4.79 Å². The number of nitrogen functional groups attached to an aromatic ring is 1. The van der Waals surface area contributed by atoms with E-state index in [9.17, 15) is 4.79 Å². The van der Waals surface area contributed by atoms with Crippen LogP contribution in [0.1, 0.15) is 41.3 Å². The molecule has 0 aliphatic rings. The molecule has 2 rings (SSSR count). The number of aliphatic imine (C=N–C) groups is 1. The quantitative estimate of drug-likeness (QED) is 0.466. The number of carbonyl (C=O) groups is 1. The lowest BCUT2D eigenvalue weighted by atomic mass is 10.1. The zero-order chi connectivity index (χ0) is 16.5. The maximum absolute atomic E-state index is 10.6. The Balaban J connectivity index is 1.99. The summed E-state index contributed by atoms with van der Waals surface area (Å²) in [4.78, 5) is 17.9. The maximum Gasteiger partial charge on any atom is 0.223 e. The second kappa shape index (κ2) is 8.63. The van der Waals surface area contributed by atoms with Crippen molar-refractivity contribution in [3.05, 3.63) is 65.2 Å². The molecular weight excluding hydrogens is 286 g/mol. The standard InChI is InChI=1S/C19H21N3O/c1-2-3-4-15-7-11-18(12-8-15)21-14-22-19(20)17-9-5-16(13-23)6-10-17/h5-14H,2-4H2,1H3,(H2,20,21,22)/p+1. The fourth-order valence-corrected chi connectivity index (χ4v) is 2.13. The highest BCUT2D eigenvalue weighted by Gasteiger charge is 2.01. The lowest BCUT2D eigenvalue weighted by Crippen LogP contribution is -2.74. The Labute approximate surface area is 136 Å². The van der Waals surface area contributed by atoms with Gasteiger partial charge >= 0.3 is 0 Å². The molecule has 0 aliphatic heterocycles. The van der Waals surface area contributed by atoms with Crippen LogP contribution in [0.3, 0.4) is 0 Å². The molecule has 118 valence electrons. The predicted molar refractivity (Wildman–Crippen MR) is 94.3 cm³/mol. The largest absolute Gasteiger partial charge is 0.318 e. The number of amidine groups is 1. The first-order valence-electron chi connectivity index (χ1n) is 7.79. The third-order valence-corrected chi connectivity index (χ3v) is 3.55. The van der Waals surface area contributed by atoms with E-state index in [4.69, 9.17) is 5.73 Å². The van der Waals surface area contributed by atoms with Gasteiger partial charge in [0.25, 0.3) is 0 Å². The van der Waals surface area contributed by atoms with Crippen LogP contribution in [0.5, 0.6) is 0 Å². The Morgan fingerprint density at radius 3 is 2.43 bits per heavy atom. The summed E-state index contributed by atoms with van der Waals surface area (Å²) < 4.78 is 0. The predicted octanol–water partition coefficient (Wildman–Crippen LogP) is 1.99. The van der Waals surface area contributed by atoms with Crippen molar-refractivity contribution in [2.24, 2.45) is 10.7 Å². The molecule has 0 heterocycles. The molecule has 0 spiro atoms. The second-order valence-electron chi connectivity index (χ2n) is 5.33. The van der Waals surface area contributed by atoms with Crippen LogP contribution in [0.25, 0.3) is 0 Å². The summed E-state index contributed by atoms with van der Waals surface area (Å²) >= 11 is 0. The van der Waals surface area contributed by atoms with E-state index in [0.29, 0.717) is 11.4 Å². The van der Waals surface area contributed by atoms with Gasteiger partial charge in [0.2, 0.25) is 12.2 Å². The number of nitrogens with two attached hydrogens (primary N) is 1. The molecule has 4 nitrogen and oxygen atoms in total. The van der Waals surface area contributed by atoms with Crippen molar-refractivity contribution in [3.8, 4) is 0 Å². The van der Waals surface area contributed by atoms with Gasteiger partial charge in [0.1, 0.15) is 12.0 Å². The van der Waals surface area contributed by atoms with Gasteiger partial charge < -0.3 is 5.73 Å². The van der Waals surface area contributed by atoms with Gasteiger partial charge in [0.15, 0.2) is 0 Å². The molecule has 2 aromatic carbocycles. The summed E-state index contributed by atoms with van der Waals surface area (Å²) in [5.41, 5.74) is 9.61. The molecule has 23 heavy (non-hydrogen) atoms. The number of benzene rings is 2. The van der Waals surface area contributed by atoms with Crippen molar-refractivity contribution >= 4 is 24.1 Å². The summed E-state index contributed by atoms with van der Waals surface area (Å²) in [6.45, 7) is 2.19. The minimum Gasteiger partial charge on any atom is -0.318 e. The number of nitrogens with one attached hydrogen (secondary N) is 1.